The second kappa shape index (κ2) is 9.07. The molecule has 2 amide bonds. The lowest BCUT2D eigenvalue weighted by molar-refractivity contribution is -0.0512. The van der Waals surface area contributed by atoms with Crippen molar-refractivity contribution in [2.24, 2.45) is 7.05 Å². The Balaban J connectivity index is 1.74. The molecule has 30 heavy (non-hydrogen) atoms. The Hall–Kier alpha value is -3.89. The number of amides is 2. The lowest BCUT2D eigenvalue weighted by atomic mass is 10.2. The van der Waals surface area contributed by atoms with E-state index in [9.17, 15) is 18.4 Å². The van der Waals surface area contributed by atoms with E-state index in [0.29, 0.717) is 5.76 Å². The molecular weight excluding hydrogens is 402 g/mol. The molecule has 0 saturated heterocycles. The second-order valence-corrected chi connectivity index (χ2v) is 6.03. The molecule has 0 unspecified atom stereocenters. The van der Waals surface area contributed by atoms with Crippen molar-refractivity contribution in [3.8, 4) is 11.5 Å². The van der Waals surface area contributed by atoms with Crippen LogP contribution in [0.4, 0.5) is 14.5 Å². The predicted octanol–water partition coefficient (Wildman–Crippen LogP) is 2.81. The number of rotatable bonds is 8. The number of hydrogen-bond acceptors (Lipinski definition) is 6. The summed E-state index contributed by atoms with van der Waals surface area (Å²) in [5.74, 6) is -0.789. The predicted molar refractivity (Wildman–Crippen MR) is 101 cm³/mol. The van der Waals surface area contributed by atoms with Gasteiger partial charge in [-0.05, 0) is 30.3 Å². The fourth-order valence-corrected chi connectivity index (χ4v) is 2.61. The maximum Gasteiger partial charge on any atom is 0.387 e. The summed E-state index contributed by atoms with van der Waals surface area (Å²) in [5, 5.41) is 9.30. The number of alkyl halides is 2. The van der Waals surface area contributed by atoms with Crippen molar-refractivity contribution >= 4 is 17.5 Å². The molecule has 3 aromatic rings. The molecule has 0 fully saturated rings. The first kappa shape index (κ1) is 20.8. The number of methoxy groups -OCH3 is 1. The molecule has 0 saturated carbocycles. The van der Waals surface area contributed by atoms with Gasteiger partial charge in [-0.25, -0.2) is 0 Å². The zero-order valence-electron chi connectivity index (χ0n) is 16.0. The third-order valence-corrected chi connectivity index (χ3v) is 3.94. The molecule has 0 aliphatic heterocycles. The van der Waals surface area contributed by atoms with Crippen LogP contribution in [0.25, 0.3) is 0 Å². The summed E-state index contributed by atoms with van der Waals surface area (Å²) in [5.41, 5.74) is 0.285. The van der Waals surface area contributed by atoms with Crippen molar-refractivity contribution in [1.82, 2.24) is 15.1 Å². The molecule has 0 radical (unpaired) electrons. The SMILES string of the molecule is COc1cc(C(=O)Nc2cn(C)nc2C(=O)NCc2ccco2)ccc1OC(F)F. The first-order valence-electron chi connectivity index (χ1n) is 8.65. The Labute approximate surface area is 169 Å². The Morgan fingerprint density at radius 3 is 2.70 bits per heavy atom. The van der Waals surface area contributed by atoms with E-state index < -0.39 is 18.4 Å². The van der Waals surface area contributed by atoms with E-state index in [-0.39, 0.29) is 35.0 Å². The molecule has 0 spiro atoms. The number of aromatic nitrogens is 2. The molecule has 0 atom stereocenters. The fraction of sp³-hybridized carbons (Fsp3) is 0.211. The van der Waals surface area contributed by atoms with Crippen LogP contribution in [0.1, 0.15) is 26.6 Å². The van der Waals surface area contributed by atoms with Crippen molar-refractivity contribution < 1.29 is 32.3 Å². The van der Waals surface area contributed by atoms with Crippen molar-refractivity contribution in [2.45, 2.75) is 13.2 Å². The van der Waals surface area contributed by atoms with Crippen molar-refractivity contribution in [3.05, 3.63) is 59.8 Å². The molecule has 0 bridgehead atoms. The Bertz CT molecular complexity index is 1030. The van der Waals surface area contributed by atoms with Gasteiger partial charge in [-0.2, -0.15) is 13.9 Å². The van der Waals surface area contributed by atoms with Gasteiger partial charge in [-0.1, -0.05) is 0 Å². The summed E-state index contributed by atoms with van der Waals surface area (Å²) in [6, 6.07) is 7.14. The van der Waals surface area contributed by atoms with E-state index in [2.05, 4.69) is 20.5 Å². The van der Waals surface area contributed by atoms with Crippen LogP contribution in [-0.4, -0.2) is 35.3 Å². The van der Waals surface area contributed by atoms with Gasteiger partial charge in [0.25, 0.3) is 11.8 Å². The van der Waals surface area contributed by atoms with Crippen LogP contribution in [0, 0.1) is 0 Å². The minimum atomic E-state index is -3.03. The van der Waals surface area contributed by atoms with E-state index in [1.54, 1.807) is 19.2 Å². The third-order valence-electron chi connectivity index (χ3n) is 3.94. The number of anilines is 1. The summed E-state index contributed by atoms with van der Waals surface area (Å²) in [7, 11) is 2.86. The lowest BCUT2D eigenvalue weighted by Gasteiger charge is -2.11. The van der Waals surface area contributed by atoms with Gasteiger partial charge < -0.3 is 24.5 Å². The van der Waals surface area contributed by atoms with Crippen LogP contribution in [0.5, 0.6) is 11.5 Å². The molecule has 2 heterocycles. The van der Waals surface area contributed by atoms with Gasteiger partial charge in [0.2, 0.25) is 0 Å². The van der Waals surface area contributed by atoms with Gasteiger partial charge in [0.05, 0.1) is 25.6 Å². The number of halogens is 2. The highest BCUT2D eigenvalue weighted by molar-refractivity contribution is 6.08. The minimum Gasteiger partial charge on any atom is -0.493 e. The molecule has 1 aromatic carbocycles. The molecule has 2 N–H and O–H groups in total. The summed E-state index contributed by atoms with van der Waals surface area (Å²) in [6.07, 6.45) is 2.95. The fourth-order valence-electron chi connectivity index (χ4n) is 2.61. The first-order valence-corrected chi connectivity index (χ1v) is 8.65. The second-order valence-electron chi connectivity index (χ2n) is 6.03. The monoisotopic (exact) mass is 420 g/mol. The van der Waals surface area contributed by atoms with Crippen LogP contribution in [-0.2, 0) is 13.6 Å². The maximum absolute atomic E-state index is 12.6. The Morgan fingerprint density at radius 2 is 2.03 bits per heavy atom. The number of furan rings is 1. The number of nitrogens with one attached hydrogen (secondary N) is 2. The quantitative estimate of drug-likeness (QED) is 0.580. The van der Waals surface area contributed by atoms with E-state index in [1.165, 1.54) is 42.5 Å². The Kier molecular flexibility index (Phi) is 6.30. The summed E-state index contributed by atoms with van der Waals surface area (Å²) in [4.78, 5) is 25.1. The first-order chi connectivity index (χ1) is 14.4. The smallest absolute Gasteiger partial charge is 0.387 e. The number of nitrogens with zero attached hydrogens (tertiary/aromatic N) is 2. The van der Waals surface area contributed by atoms with Crippen LogP contribution in [0.15, 0.2) is 47.2 Å². The highest BCUT2D eigenvalue weighted by Gasteiger charge is 2.20. The largest absolute Gasteiger partial charge is 0.493 e. The highest BCUT2D eigenvalue weighted by Crippen LogP contribution is 2.30. The number of ether oxygens (including phenoxy) is 2. The zero-order valence-corrected chi connectivity index (χ0v) is 16.0. The van der Waals surface area contributed by atoms with Crippen LogP contribution in [0.3, 0.4) is 0 Å². The number of benzene rings is 1. The standard InChI is InChI=1S/C19H18F2N4O5/c1-25-10-13(16(24-25)18(27)22-9-12-4-3-7-29-12)23-17(26)11-5-6-14(30-19(20)21)15(8-11)28-2/h3-8,10,19H,9H2,1-2H3,(H,22,27)(H,23,26). The Morgan fingerprint density at radius 1 is 1.23 bits per heavy atom. The molecule has 9 nitrogen and oxygen atoms in total. The van der Waals surface area contributed by atoms with E-state index in [1.807, 2.05) is 0 Å². The molecule has 11 heteroatoms. The van der Waals surface area contributed by atoms with Gasteiger partial charge in [0.15, 0.2) is 17.2 Å². The molecular formula is C19H18F2N4O5. The maximum atomic E-state index is 12.6. The number of carbonyl (C=O) groups excluding carboxylic acids is 2. The normalized spacial score (nSPS) is 10.7. The van der Waals surface area contributed by atoms with Gasteiger partial charge in [0, 0.05) is 18.8 Å². The number of aryl methyl sites for hydroxylation is 1. The average Bonchev–Trinajstić information content (AvgIpc) is 3.35. The summed E-state index contributed by atoms with van der Waals surface area (Å²) in [6.45, 7) is -2.88. The number of hydrogen-bond donors (Lipinski definition) is 2. The van der Waals surface area contributed by atoms with Gasteiger partial charge in [0.1, 0.15) is 5.76 Å². The van der Waals surface area contributed by atoms with Crippen LogP contribution >= 0.6 is 0 Å². The number of carbonyl (C=O) groups is 2. The average molecular weight is 420 g/mol. The zero-order chi connectivity index (χ0) is 21.7. The van der Waals surface area contributed by atoms with Crippen molar-refractivity contribution in [3.63, 3.8) is 0 Å². The van der Waals surface area contributed by atoms with E-state index in [0.717, 1.165) is 0 Å². The molecule has 158 valence electrons. The summed E-state index contributed by atoms with van der Waals surface area (Å²) >= 11 is 0. The van der Waals surface area contributed by atoms with Gasteiger partial charge in [-0.15, -0.1) is 0 Å². The molecule has 0 aliphatic carbocycles. The molecule has 2 aromatic heterocycles. The minimum absolute atomic E-state index is 0.00187. The molecule has 3 rings (SSSR count). The van der Waals surface area contributed by atoms with E-state index >= 15 is 0 Å². The van der Waals surface area contributed by atoms with Gasteiger partial charge >= 0.3 is 6.61 Å². The molecule has 0 aliphatic rings. The third kappa shape index (κ3) is 4.93. The van der Waals surface area contributed by atoms with E-state index in [4.69, 9.17) is 9.15 Å². The highest BCUT2D eigenvalue weighted by atomic mass is 19.3. The van der Waals surface area contributed by atoms with Crippen LogP contribution < -0.4 is 20.1 Å². The van der Waals surface area contributed by atoms with Crippen molar-refractivity contribution in [2.75, 3.05) is 12.4 Å². The van der Waals surface area contributed by atoms with Crippen molar-refractivity contribution in [1.29, 1.82) is 0 Å². The van der Waals surface area contributed by atoms with Gasteiger partial charge in [-0.3, -0.25) is 14.3 Å². The topological polar surface area (TPSA) is 108 Å². The summed E-state index contributed by atoms with van der Waals surface area (Å²) < 4.78 is 40.8. The lowest BCUT2D eigenvalue weighted by Crippen LogP contribution is -2.25. The van der Waals surface area contributed by atoms with Crippen LogP contribution in [0.2, 0.25) is 0 Å².